The highest BCUT2D eigenvalue weighted by molar-refractivity contribution is 5.76. The van der Waals surface area contributed by atoms with Gasteiger partial charge in [-0.3, -0.25) is 0 Å². The number of hydrogen-bond donors (Lipinski definition) is 2. The molecule has 1 heterocycles. The number of carbonyl (C=O) groups is 2. The Morgan fingerprint density at radius 2 is 1.88 bits per heavy atom. The molecule has 3 atom stereocenters. The smallest absolute Gasteiger partial charge is 0.435 e. The number of nitrogens with zero attached hydrogens (tertiary/aromatic N) is 1. The Hall–Kier alpha value is -1.14. The molecule has 6 nitrogen and oxygen atoms in total. The minimum absolute atomic E-state index is 0.0621. The first kappa shape index (κ1) is 13.9. The summed E-state index contributed by atoms with van der Waals surface area (Å²) in [6, 6.07) is -0.692. The van der Waals surface area contributed by atoms with E-state index in [1.54, 1.807) is 27.7 Å². The van der Waals surface area contributed by atoms with Crippen molar-refractivity contribution < 1.29 is 29.0 Å². The molecule has 2 unspecified atom stereocenters. The van der Waals surface area contributed by atoms with Crippen molar-refractivity contribution in [3.63, 3.8) is 0 Å². The van der Waals surface area contributed by atoms with E-state index in [0.717, 1.165) is 0 Å². The van der Waals surface area contributed by atoms with Gasteiger partial charge in [0.1, 0.15) is 24.3 Å². The van der Waals surface area contributed by atoms with Gasteiger partial charge in [-0.25, -0.2) is 0 Å². The number of ether oxygens (including phenoxy) is 1. The molecule has 0 aliphatic carbocycles. The quantitative estimate of drug-likeness (QED) is 0.634. The SMILES string of the molecule is CC1[C@@H](O)CC[N+]1(C(=O)O)C(=O)OC(C)(C)C. The number of amides is 2. The molecule has 2 amide bonds. The summed E-state index contributed by atoms with van der Waals surface area (Å²) in [5.74, 6) is 0. The summed E-state index contributed by atoms with van der Waals surface area (Å²) >= 11 is 0. The van der Waals surface area contributed by atoms with Crippen LogP contribution in [0.2, 0.25) is 0 Å². The largest absolute Gasteiger partial charge is 0.527 e. The third-order valence-electron chi connectivity index (χ3n) is 3.09. The average molecular weight is 246 g/mol. The molecular weight excluding hydrogens is 226 g/mol. The number of quaternary nitrogens is 1. The maximum atomic E-state index is 12.0. The van der Waals surface area contributed by atoms with E-state index in [9.17, 15) is 19.8 Å². The standard InChI is InChI=1S/C11H19NO5/c1-7-8(13)5-6-12(7,9(14)15)10(16)17-11(2,3)4/h7-8,13H,5-6H2,1-4H3/p+1/t7?,8-,12?/m0/s1. The lowest BCUT2D eigenvalue weighted by molar-refractivity contribution is -0.798. The van der Waals surface area contributed by atoms with Crippen molar-refractivity contribution in [2.45, 2.75) is 51.9 Å². The molecule has 2 N–H and O–H groups in total. The number of rotatable bonds is 0. The predicted octanol–water partition coefficient (Wildman–Crippen LogP) is 1.57. The van der Waals surface area contributed by atoms with Gasteiger partial charge in [-0.15, -0.1) is 4.48 Å². The fourth-order valence-corrected chi connectivity index (χ4v) is 2.02. The molecule has 98 valence electrons. The Balaban J connectivity index is 3.02. The number of carboxylic acid groups (broad SMARTS) is 1. The molecule has 0 bridgehead atoms. The first-order chi connectivity index (χ1) is 7.61. The van der Waals surface area contributed by atoms with E-state index in [2.05, 4.69) is 0 Å². The highest BCUT2D eigenvalue weighted by Gasteiger charge is 2.59. The van der Waals surface area contributed by atoms with E-state index in [0.29, 0.717) is 0 Å². The van der Waals surface area contributed by atoms with E-state index in [1.807, 2.05) is 0 Å². The second-order valence-corrected chi connectivity index (χ2v) is 5.45. The molecular formula is C11H20NO5+. The minimum atomic E-state index is -1.27. The van der Waals surface area contributed by atoms with Crippen LogP contribution in [0.3, 0.4) is 0 Å². The van der Waals surface area contributed by atoms with Crippen molar-refractivity contribution in [3.05, 3.63) is 0 Å². The Morgan fingerprint density at radius 1 is 1.35 bits per heavy atom. The third kappa shape index (κ3) is 2.42. The molecule has 17 heavy (non-hydrogen) atoms. The number of aliphatic hydroxyl groups is 1. The predicted molar refractivity (Wildman–Crippen MR) is 59.5 cm³/mol. The highest BCUT2D eigenvalue weighted by atomic mass is 16.6. The van der Waals surface area contributed by atoms with E-state index in [1.165, 1.54) is 0 Å². The lowest BCUT2D eigenvalue weighted by Gasteiger charge is -2.31. The first-order valence-corrected chi connectivity index (χ1v) is 5.64. The van der Waals surface area contributed by atoms with Gasteiger partial charge in [0.15, 0.2) is 0 Å². The maximum absolute atomic E-state index is 12.0. The number of carbonyl (C=O) groups excluding carboxylic acids is 1. The van der Waals surface area contributed by atoms with Gasteiger partial charge in [0.25, 0.3) is 0 Å². The Morgan fingerprint density at radius 3 is 2.18 bits per heavy atom. The van der Waals surface area contributed by atoms with Gasteiger partial charge >= 0.3 is 12.2 Å². The van der Waals surface area contributed by atoms with Gasteiger partial charge in [0.05, 0.1) is 0 Å². The fraction of sp³-hybridized carbons (Fsp3) is 0.818. The summed E-state index contributed by atoms with van der Waals surface area (Å²) in [6.07, 6.45) is -2.59. The van der Waals surface area contributed by atoms with Crippen LogP contribution in [0.15, 0.2) is 0 Å². The van der Waals surface area contributed by atoms with Crippen LogP contribution >= 0.6 is 0 Å². The topological polar surface area (TPSA) is 83.8 Å². The molecule has 0 aromatic heterocycles. The Labute approximate surface area is 100 Å². The van der Waals surface area contributed by atoms with Crippen molar-refractivity contribution in [3.8, 4) is 0 Å². The lowest BCUT2D eigenvalue weighted by atomic mass is 10.2. The van der Waals surface area contributed by atoms with Gasteiger partial charge in [-0.05, 0) is 27.7 Å². The van der Waals surface area contributed by atoms with Crippen molar-refractivity contribution >= 4 is 12.2 Å². The minimum Gasteiger partial charge on any atom is -0.435 e. The molecule has 0 aromatic rings. The zero-order chi connectivity index (χ0) is 13.4. The van der Waals surface area contributed by atoms with Gasteiger partial charge in [0.2, 0.25) is 0 Å². The van der Waals surface area contributed by atoms with Gasteiger partial charge in [0, 0.05) is 6.42 Å². The second-order valence-electron chi connectivity index (χ2n) is 5.45. The lowest BCUT2D eigenvalue weighted by Crippen LogP contribution is -2.61. The van der Waals surface area contributed by atoms with Crippen molar-refractivity contribution in [2.24, 2.45) is 0 Å². The van der Waals surface area contributed by atoms with Crippen LogP contribution in [-0.4, -0.2) is 51.2 Å². The normalized spacial score (nSPS) is 33.5. The van der Waals surface area contributed by atoms with Crippen LogP contribution in [0.1, 0.15) is 34.1 Å². The van der Waals surface area contributed by atoms with E-state index in [4.69, 9.17) is 4.74 Å². The first-order valence-electron chi connectivity index (χ1n) is 5.64. The second kappa shape index (κ2) is 4.27. The molecule has 6 heteroatoms. The molecule has 0 saturated carbocycles. The molecule has 1 aliphatic heterocycles. The van der Waals surface area contributed by atoms with E-state index < -0.39 is 34.4 Å². The zero-order valence-corrected chi connectivity index (χ0v) is 10.6. The molecule has 0 aromatic carbocycles. The summed E-state index contributed by atoms with van der Waals surface area (Å²) in [4.78, 5) is 23.4. The number of imide groups is 1. The summed E-state index contributed by atoms with van der Waals surface area (Å²) in [5, 5.41) is 18.9. The van der Waals surface area contributed by atoms with Crippen molar-refractivity contribution in [1.82, 2.24) is 0 Å². The van der Waals surface area contributed by atoms with Crippen LogP contribution in [0, 0.1) is 0 Å². The van der Waals surface area contributed by atoms with Crippen LogP contribution in [0.25, 0.3) is 0 Å². The number of aliphatic hydroxyl groups excluding tert-OH is 1. The highest BCUT2D eigenvalue weighted by Crippen LogP contribution is 2.30. The molecule has 1 rings (SSSR count). The summed E-state index contributed by atoms with van der Waals surface area (Å²) in [5.41, 5.74) is -0.745. The maximum Gasteiger partial charge on any atom is 0.527 e. The fourth-order valence-electron chi connectivity index (χ4n) is 2.02. The summed E-state index contributed by atoms with van der Waals surface area (Å²) in [6.45, 7) is 6.66. The van der Waals surface area contributed by atoms with E-state index >= 15 is 0 Å². The zero-order valence-electron chi connectivity index (χ0n) is 10.6. The molecule has 1 fully saturated rings. The van der Waals surface area contributed by atoms with Gasteiger partial charge in [-0.2, -0.15) is 9.59 Å². The van der Waals surface area contributed by atoms with Crippen LogP contribution in [-0.2, 0) is 4.74 Å². The van der Waals surface area contributed by atoms with Gasteiger partial charge < -0.3 is 14.9 Å². The van der Waals surface area contributed by atoms with Crippen LogP contribution < -0.4 is 0 Å². The number of likely N-dealkylation sites (tertiary alicyclic amines) is 1. The van der Waals surface area contributed by atoms with Crippen molar-refractivity contribution in [2.75, 3.05) is 6.54 Å². The van der Waals surface area contributed by atoms with E-state index in [-0.39, 0.29) is 13.0 Å². The van der Waals surface area contributed by atoms with Crippen molar-refractivity contribution in [1.29, 1.82) is 0 Å². The average Bonchev–Trinajstić information content (AvgIpc) is 2.42. The third-order valence-corrected chi connectivity index (χ3v) is 3.09. The number of hydrogen-bond acceptors (Lipinski definition) is 4. The summed E-state index contributed by atoms with van der Waals surface area (Å²) < 4.78 is 4.30. The van der Waals surface area contributed by atoms with Crippen LogP contribution in [0.5, 0.6) is 0 Å². The molecule has 0 radical (unpaired) electrons. The van der Waals surface area contributed by atoms with Gasteiger partial charge in [-0.1, -0.05) is 0 Å². The Bertz CT molecular complexity index is 335. The summed E-state index contributed by atoms with van der Waals surface area (Å²) in [7, 11) is 0. The monoisotopic (exact) mass is 246 g/mol. The molecule has 1 saturated heterocycles. The molecule has 1 aliphatic rings. The molecule has 0 spiro atoms. The Kier molecular flexibility index (Phi) is 3.50. The van der Waals surface area contributed by atoms with Crippen LogP contribution in [0.4, 0.5) is 9.59 Å².